The monoisotopic (exact) mass is 418 g/mol. The van der Waals surface area contributed by atoms with Crippen LogP contribution in [0.1, 0.15) is 37.1 Å². The first-order valence-electron chi connectivity index (χ1n) is 11.2. The molecule has 0 saturated carbocycles. The van der Waals surface area contributed by atoms with Gasteiger partial charge in [0.15, 0.2) is 0 Å². The summed E-state index contributed by atoms with van der Waals surface area (Å²) in [5.41, 5.74) is 2.30. The van der Waals surface area contributed by atoms with Crippen LogP contribution in [-0.4, -0.2) is 46.6 Å². The van der Waals surface area contributed by atoms with Gasteiger partial charge in [-0.1, -0.05) is 65.8 Å². The molecule has 6 heteroatoms. The molecule has 3 aromatic rings. The Morgan fingerprint density at radius 2 is 1.84 bits per heavy atom. The highest BCUT2D eigenvalue weighted by Gasteiger charge is 2.21. The molecule has 0 spiro atoms. The molecule has 1 N–H and O–H groups in total. The largest absolute Gasteiger partial charge is 0.352 e. The van der Waals surface area contributed by atoms with E-state index in [2.05, 4.69) is 50.7 Å². The zero-order chi connectivity index (χ0) is 21.3. The summed E-state index contributed by atoms with van der Waals surface area (Å²) >= 11 is 0. The third-order valence-electron chi connectivity index (χ3n) is 5.72. The van der Waals surface area contributed by atoms with E-state index in [0.29, 0.717) is 24.6 Å². The Labute approximate surface area is 183 Å². The summed E-state index contributed by atoms with van der Waals surface area (Å²) in [5.74, 6) is 1.12. The summed E-state index contributed by atoms with van der Waals surface area (Å²) in [6.07, 6.45) is 5.23. The van der Waals surface area contributed by atoms with Crippen LogP contribution in [0, 0.1) is 0 Å². The lowest BCUT2D eigenvalue weighted by Gasteiger charge is -2.33. The predicted molar refractivity (Wildman–Crippen MR) is 120 cm³/mol. The van der Waals surface area contributed by atoms with E-state index in [1.54, 1.807) is 0 Å². The van der Waals surface area contributed by atoms with Crippen LogP contribution >= 0.6 is 0 Å². The fourth-order valence-corrected chi connectivity index (χ4v) is 4.11. The molecule has 2 heterocycles. The van der Waals surface area contributed by atoms with E-state index in [4.69, 9.17) is 4.52 Å². The fraction of sp³-hybridized carbons (Fsp3) is 0.400. The van der Waals surface area contributed by atoms with Crippen LogP contribution in [0.25, 0.3) is 11.4 Å². The van der Waals surface area contributed by atoms with Crippen molar-refractivity contribution in [2.24, 2.45) is 0 Å². The number of benzene rings is 2. The summed E-state index contributed by atoms with van der Waals surface area (Å²) in [6.45, 7) is 3.12. The van der Waals surface area contributed by atoms with Crippen LogP contribution in [0.2, 0.25) is 0 Å². The molecule has 1 saturated heterocycles. The van der Waals surface area contributed by atoms with Gasteiger partial charge in [-0.25, -0.2) is 0 Å². The van der Waals surface area contributed by atoms with E-state index < -0.39 is 0 Å². The van der Waals surface area contributed by atoms with E-state index >= 15 is 0 Å². The molecule has 0 bridgehead atoms. The lowest BCUT2D eigenvalue weighted by molar-refractivity contribution is -0.122. The van der Waals surface area contributed by atoms with Gasteiger partial charge in [-0.05, 0) is 44.3 Å². The van der Waals surface area contributed by atoms with Gasteiger partial charge in [-0.15, -0.1) is 0 Å². The number of aromatic nitrogens is 2. The maximum absolute atomic E-state index is 12.4. The van der Waals surface area contributed by atoms with E-state index in [-0.39, 0.29) is 11.9 Å². The molecular weight excluding hydrogens is 388 g/mol. The van der Waals surface area contributed by atoms with Crippen molar-refractivity contribution >= 4 is 5.91 Å². The number of amides is 1. The van der Waals surface area contributed by atoms with Crippen molar-refractivity contribution in [2.75, 3.05) is 19.6 Å². The molecule has 2 aromatic carbocycles. The summed E-state index contributed by atoms with van der Waals surface area (Å²) < 4.78 is 5.31. The first kappa shape index (κ1) is 21.2. The van der Waals surface area contributed by atoms with E-state index in [0.717, 1.165) is 50.9 Å². The molecule has 31 heavy (non-hydrogen) atoms. The number of nitrogens with one attached hydrogen (secondary N) is 1. The number of carbonyl (C=O) groups is 1. The second kappa shape index (κ2) is 10.9. The minimum absolute atomic E-state index is 0.0515. The highest BCUT2D eigenvalue weighted by atomic mass is 16.5. The minimum atomic E-state index is 0.0515. The Morgan fingerprint density at radius 3 is 2.65 bits per heavy atom. The van der Waals surface area contributed by atoms with Crippen molar-refractivity contribution < 1.29 is 9.32 Å². The summed E-state index contributed by atoms with van der Waals surface area (Å²) in [6, 6.07) is 20.6. The fourth-order valence-electron chi connectivity index (χ4n) is 4.11. The van der Waals surface area contributed by atoms with E-state index in [1.165, 1.54) is 5.56 Å². The van der Waals surface area contributed by atoms with Gasteiger partial charge in [0.2, 0.25) is 17.6 Å². The van der Waals surface area contributed by atoms with Crippen molar-refractivity contribution in [1.29, 1.82) is 0 Å². The summed E-state index contributed by atoms with van der Waals surface area (Å²) in [5, 5.41) is 7.21. The smallest absolute Gasteiger partial charge is 0.227 e. The molecule has 162 valence electrons. The number of piperidine rings is 1. The van der Waals surface area contributed by atoms with Crippen LogP contribution in [0.5, 0.6) is 0 Å². The van der Waals surface area contributed by atoms with Gasteiger partial charge in [-0.2, -0.15) is 4.98 Å². The second-order valence-corrected chi connectivity index (χ2v) is 8.17. The van der Waals surface area contributed by atoms with Crippen molar-refractivity contribution in [3.05, 3.63) is 72.1 Å². The minimum Gasteiger partial charge on any atom is -0.352 e. The highest BCUT2D eigenvalue weighted by molar-refractivity contribution is 5.76. The summed E-state index contributed by atoms with van der Waals surface area (Å²) in [7, 11) is 0. The average Bonchev–Trinajstić information content (AvgIpc) is 3.29. The van der Waals surface area contributed by atoms with E-state index in [9.17, 15) is 4.79 Å². The van der Waals surface area contributed by atoms with Crippen LogP contribution in [0.4, 0.5) is 0 Å². The predicted octanol–water partition coefficient (Wildman–Crippen LogP) is 3.88. The molecule has 1 aliphatic heterocycles. The standard InChI is InChI=1S/C25H30N4O2/c30-23(15-16-24-27-25(28-31-24)21-12-5-2-6-13-21)26-22-14-8-18-29(19-22)17-7-11-20-9-3-1-4-10-20/h1-6,9-10,12-13,22H,7-8,11,14-19H2,(H,26,30). The average molecular weight is 419 g/mol. The molecule has 1 unspecified atom stereocenters. The van der Waals surface area contributed by atoms with Crippen LogP contribution in [0.3, 0.4) is 0 Å². The van der Waals surface area contributed by atoms with Gasteiger partial charge in [0, 0.05) is 31.0 Å². The Balaban J connectivity index is 1.17. The first-order valence-corrected chi connectivity index (χ1v) is 11.2. The molecule has 0 radical (unpaired) electrons. The maximum atomic E-state index is 12.4. The number of nitrogens with zero attached hydrogens (tertiary/aromatic N) is 3. The number of carbonyl (C=O) groups excluding carboxylic acids is 1. The molecule has 0 aliphatic carbocycles. The second-order valence-electron chi connectivity index (χ2n) is 8.17. The molecule has 1 fully saturated rings. The first-order chi connectivity index (χ1) is 15.3. The number of hydrogen-bond donors (Lipinski definition) is 1. The van der Waals surface area contributed by atoms with Gasteiger partial charge in [0.25, 0.3) is 0 Å². The molecule has 1 atom stereocenters. The lowest BCUT2D eigenvalue weighted by Crippen LogP contribution is -2.48. The molecule has 4 rings (SSSR count). The van der Waals surface area contributed by atoms with Crippen LogP contribution in [0.15, 0.2) is 65.2 Å². The van der Waals surface area contributed by atoms with Crippen LogP contribution < -0.4 is 5.32 Å². The number of rotatable bonds is 9. The SMILES string of the molecule is O=C(CCc1nc(-c2ccccc2)no1)NC1CCCN(CCCc2ccccc2)C1. The van der Waals surface area contributed by atoms with Crippen molar-refractivity contribution in [3.63, 3.8) is 0 Å². The topological polar surface area (TPSA) is 71.3 Å². The quantitative estimate of drug-likeness (QED) is 0.571. The Kier molecular flexibility index (Phi) is 7.45. The van der Waals surface area contributed by atoms with Gasteiger partial charge in [0.1, 0.15) is 0 Å². The molecule has 1 aromatic heterocycles. The third kappa shape index (κ3) is 6.49. The van der Waals surface area contributed by atoms with Crippen molar-refractivity contribution in [3.8, 4) is 11.4 Å². The van der Waals surface area contributed by atoms with Gasteiger partial charge >= 0.3 is 0 Å². The zero-order valence-electron chi connectivity index (χ0n) is 17.9. The third-order valence-corrected chi connectivity index (χ3v) is 5.72. The molecule has 1 amide bonds. The molecular formula is C25H30N4O2. The molecule has 1 aliphatic rings. The highest BCUT2D eigenvalue weighted by Crippen LogP contribution is 2.16. The number of aryl methyl sites for hydroxylation is 2. The zero-order valence-corrected chi connectivity index (χ0v) is 17.9. The van der Waals surface area contributed by atoms with Crippen molar-refractivity contribution in [2.45, 2.75) is 44.6 Å². The Bertz CT molecular complexity index is 942. The van der Waals surface area contributed by atoms with E-state index in [1.807, 2.05) is 30.3 Å². The van der Waals surface area contributed by atoms with Crippen molar-refractivity contribution in [1.82, 2.24) is 20.4 Å². The van der Waals surface area contributed by atoms with Gasteiger partial charge in [0.05, 0.1) is 0 Å². The van der Waals surface area contributed by atoms with Gasteiger partial charge < -0.3 is 14.7 Å². The Morgan fingerprint density at radius 1 is 1.06 bits per heavy atom. The maximum Gasteiger partial charge on any atom is 0.227 e. The normalized spacial score (nSPS) is 16.8. The number of likely N-dealkylation sites (tertiary alicyclic amines) is 1. The summed E-state index contributed by atoms with van der Waals surface area (Å²) in [4.78, 5) is 19.3. The lowest BCUT2D eigenvalue weighted by atomic mass is 10.0. The Hall–Kier alpha value is -2.99. The van der Waals surface area contributed by atoms with Gasteiger partial charge in [-0.3, -0.25) is 4.79 Å². The molecule has 6 nitrogen and oxygen atoms in total. The number of hydrogen-bond acceptors (Lipinski definition) is 5. The van der Waals surface area contributed by atoms with Crippen LogP contribution in [-0.2, 0) is 17.6 Å².